The zero-order valence-corrected chi connectivity index (χ0v) is 13.3. The van der Waals surface area contributed by atoms with Gasteiger partial charge in [0.25, 0.3) is 0 Å². The molecule has 0 aromatic heterocycles. The Balaban J connectivity index is 3.41. The molecule has 0 aliphatic carbocycles. The number of unbranched alkanes of at least 4 members (excludes halogenated alkanes) is 3. The number of Topliss-reactive ketones (excluding diaryl/α,β-unsaturated/α-hetero) is 1. The van der Waals surface area contributed by atoms with E-state index in [1.807, 2.05) is 13.8 Å². The monoisotopic (exact) mass is 269 g/mol. The lowest BCUT2D eigenvalue weighted by Crippen LogP contribution is -2.28. The van der Waals surface area contributed by atoms with Crippen LogP contribution in [0.15, 0.2) is 0 Å². The van der Waals surface area contributed by atoms with Gasteiger partial charge in [-0.1, -0.05) is 47.5 Å². The van der Waals surface area contributed by atoms with E-state index in [1.165, 1.54) is 0 Å². The molecule has 0 spiro atoms. The van der Waals surface area contributed by atoms with Crippen LogP contribution in [0.4, 0.5) is 0 Å². The number of rotatable bonds is 9. The molecule has 0 bridgehead atoms. The Morgan fingerprint density at radius 2 is 1.58 bits per heavy atom. The van der Waals surface area contributed by atoms with Crippen LogP contribution in [0.25, 0.3) is 0 Å². The maximum Gasteiger partial charge on any atom is 0.220 e. The maximum atomic E-state index is 11.6. The predicted molar refractivity (Wildman–Crippen MR) is 80.0 cm³/mol. The van der Waals surface area contributed by atoms with Crippen LogP contribution in [0.2, 0.25) is 0 Å². The van der Waals surface area contributed by atoms with Crippen molar-refractivity contribution in [2.45, 2.75) is 73.1 Å². The molecule has 0 aromatic carbocycles. The summed E-state index contributed by atoms with van der Waals surface area (Å²) in [5.41, 5.74) is 0.0568. The van der Waals surface area contributed by atoms with Gasteiger partial charge in [-0.2, -0.15) is 0 Å². The van der Waals surface area contributed by atoms with Crippen LogP contribution in [0.1, 0.15) is 73.1 Å². The maximum absolute atomic E-state index is 11.6. The summed E-state index contributed by atoms with van der Waals surface area (Å²) in [5.74, 6) is 0.664. The Morgan fingerprint density at radius 3 is 2.11 bits per heavy atom. The van der Waals surface area contributed by atoms with Crippen molar-refractivity contribution >= 4 is 11.7 Å². The molecule has 0 heterocycles. The molecule has 0 aliphatic rings. The molecule has 1 N–H and O–H groups in total. The van der Waals surface area contributed by atoms with Gasteiger partial charge in [0.1, 0.15) is 5.78 Å². The molecule has 0 radical (unpaired) electrons. The van der Waals surface area contributed by atoms with E-state index >= 15 is 0 Å². The highest BCUT2D eigenvalue weighted by Crippen LogP contribution is 2.17. The van der Waals surface area contributed by atoms with Crippen LogP contribution in [-0.2, 0) is 9.59 Å². The Morgan fingerprint density at radius 1 is 1.00 bits per heavy atom. The van der Waals surface area contributed by atoms with Gasteiger partial charge in [-0.3, -0.25) is 9.59 Å². The normalized spacial score (nSPS) is 11.7. The summed E-state index contributed by atoms with van der Waals surface area (Å²) >= 11 is 0. The van der Waals surface area contributed by atoms with Gasteiger partial charge in [-0.25, -0.2) is 0 Å². The first-order chi connectivity index (χ1) is 8.72. The first-order valence-corrected chi connectivity index (χ1v) is 7.52. The fourth-order valence-electron chi connectivity index (χ4n) is 1.84. The van der Waals surface area contributed by atoms with Crippen LogP contribution in [0.3, 0.4) is 0 Å². The summed E-state index contributed by atoms with van der Waals surface area (Å²) in [5, 5.41) is 2.95. The van der Waals surface area contributed by atoms with E-state index in [9.17, 15) is 9.59 Å². The van der Waals surface area contributed by atoms with Crippen LogP contribution in [0.5, 0.6) is 0 Å². The van der Waals surface area contributed by atoms with Gasteiger partial charge in [0, 0.05) is 25.3 Å². The molecule has 0 fully saturated rings. The van der Waals surface area contributed by atoms with Gasteiger partial charge in [-0.15, -0.1) is 0 Å². The minimum absolute atomic E-state index is 0.0568. The lowest BCUT2D eigenvalue weighted by molar-refractivity contribution is -0.123. The Hall–Kier alpha value is -0.860. The minimum atomic E-state index is 0.0568. The molecule has 1 amide bonds. The van der Waals surface area contributed by atoms with Crippen molar-refractivity contribution in [3.63, 3.8) is 0 Å². The molecule has 0 saturated carbocycles. The summed E-state index contributed by atoms with van der Waals surface area (Å²) in [6.45, 7) is 10.9. The highest BCUT2D eigenvalue weighted by Gasteiger charge is 2.15. The third kappa shape index (κ3) is 11.9. The number of ketones is 1. The second-order valence-electron chi connectivity index (χ2n) is 6.87. The summed E-state index contributed by atoms with van der Waals surface area (Å²) in [4.78, 5) is 23.0. The highest BCUT2D eigenvalue weighted by atomic mass is 16.1. The van der Waals surface area contributed by atoms with E-state index in [4.69, 9.17) is 0 Å². The summed E-state index contributed by atoms with van der Waals surface area (Å²) in [6, 6.07) is 0. The second kappa shape index (κ2) is 9.11. The first kappa shape index (κ1) is 18.1. The van der Waals surface area contributed by atoms with Gasteiger partial charge >= 0.3 is 0 Å². The average Bonchev–Trinajstić information content (AvgIpc) is 2.24. The summed E-state index contributed by atoms with van der Waals surface area (Å²) in [6.07, 6.45) is 5.43. The van der Waals surface area contributed by atoms with E-state index in [0.717, 1.165) is 32.2 Å². The zero-order chi connectivity index (χ0) is 14.9. The van der Waals surface area contributed by atoms with Crippen molar-refractivity contribution in [1.82, 2.24) is 5.32 Å². The number of amides is 1. The number of hydrogen-bond donors (Lipinski definition) is 1. The highest BCUT2D eigenvalue weighted by molar-refractivity contribution is 5.80. The van der Waals surface area contributed by atoms with Crippen molar-refractivity contribution in [2.75, 3.05) is 6.54 Å². The van der Waals surface area contributed by atoms with Gasteiger partial charge in [0.2, 0.25) is 5.91 Å². The topological polar surface area (TPSA) is 46.2 Å². The first-order valence-electron chi connectivity index (χ1n) is 7.52. The SMILES string of the molecule is CC(C)C(=O)CCCCCCNC(=O)CC(C)(C)C. The smallest absolute Gasteiger partial charge is 0.220 e. The number of hydrogen-bond acceptors (Lipinski definition) is 2. The summed E-state index contributed by atoms with van der Waals surface area (Å²) < 4.78 is 0. The lowest BCUT2D eigenvalue weighted by Gasteiger charge is -2.17. The van der Waals surface area contributed by atoms with E-state index in [2.05, 4.69) is 26.1 Å². The van der Waals surface area contributed by atoms with Crippen molar-refractivity contribution in [1.29, 1.82) is 0 Å². The molecular formula is C16H31NO2. The van der Waals surface area contributed by atoms with E-state index in [0.29, 0.717) is 18.6 Å². The zero-order valence-electron chi connectivity index (χ0n) is 13.3. The third-order valence-corrected chi connectivity index (χ3v) is 3.01. The van der Waals surface area contributed by atoms with Crippen molar-refractivity contribution in [3.8, 4) is 0 Å². The Labute approximate surface area is 118 Å². The molecule has 3 nitrogen and oxygen atoms in total. The summed E-state index contributed by atoms with van der Waals surface area (Å²) in [7, 11) is 0. The molecule has 0 unspecified atom stereocenters. The molecule has 0 atom stereocenters. The van der Waals surface area contributed by atoms with Gasteiger partial charge in [0.05, 0.1) is 0 Å². The second-order valence-corrected chi connectivity index (χ2v) is 6.87. The molecule has 19 heavy (non-hydrogen) atoms. The van der Waals surface area contributed by atoms with Crippen molar-refractivity contribution < 1.29 is 9.59 Å². The van der Waals surface area contributed by atoms with E-state index < -0.39 is 0 Å². The number of carbonyl (C=O) groups is 2. The van der Waals surface area contributed by atoms with E-state index in [-0.39, 0.29) is 17.2 Å². The lowest BCUT2D eigenvalue weighted by atomic mass is 9.92. The third-order valence-electron chi connectivity index (χ3n) is 3.01. The Kier molecular flexibility index (Phi) is 8.70. The fraction of sp³-hybridized carbons (Fsp3) is 0.875. The molecule has 0 aromatic rings. The molecule has 0 rings (SSSR count). The van der Waals surface area contributed by atoms with Gasteiger partial charge < -0.3 is 5.32 Å². The van der Waals surface area contributed by atoms with Gasteiger partial charge in [0.15, 0.2) is 0 Å². The molecule has 3 heteroatoms. The largest absolute Gasteiger partial charge is 0.356 e. The molecule has 0 aliphatic heterocycles. The van der Waals surface area contributed by atoms with Crippen LogP contribution >= 0.6 is 0 Å². The molecular weight excluding hydrogens is 238 g/mol. The predicted octanol–water partition coefficient (Wildman–Crippen LogP) is 3.71. The molecule has 0 saturated heterocycles. The fourth-order valence-corrected chi connectivity index (χ4v) is 1.84. The quantitative estimate of drug-likeness (QED) is 0.648. The minimum Gasteiger partial charge on any atom is -0.356 e. The van der Waals surface area contributed by atoms with Crippen molar-refractivity contribution in [2.24, 2.45) is 11.3 Å². The number of carbonyl (C=O) groups excluding carboxylic acids is 2. The Bertz CT molecular complexity index is 277. The van der Waals surface area contributed by atoms with Crippen LogP contribution in [-0.4, -0.2) is 18.2 Å². The van der Waals surface area contributed by atoms with Gasteiger partial charge in [-0.05, 0) is 18.3 Å². The van der Waals surface area contributed by atoms with E-state index in [1.54, 1.807) is 0 Å². The molecule has 112 valence electrons. The average molecular weight is 269 g/mol. The van der Waals surface area contributed by atoms with Crippen LogP contribution in [0, 0.1) is 11.3 Å². The number of nitrogens with one attached hydrogen (secondary N) is 1. The van der Waals surface area contributed by atoms with Crippen LogP contribution < -0.4 is 5.32 Å². The standard InChI is InChI=1S/C16H31NO2/c1-13(2)14(18)10-8-6-7-9-11-17-15(19)12-16(3,4)5/h13H,6-12H2,1-5H3,(H,17,19). The van der Waals surface area contributed by atoms with Crippen molar-refractivity contribution in [3.05, 3.63) is 0 Å².